The molecule has 3 rings (SSSR count). The summed E-state index contributed by atoms with van der Waals surface area (Å²) in [6.07, 6.45) is -0.495. The Kier molecular flexibility index (Phi) is 7.25. The van der Waals surface area contributed by atoms with Crippen LogP contribution in [0.1, 0.15) is 44.9 Å². The van der Waals surface area contributed by atoms with Gasteiger partial charge in [0, 0.05) is 32.1 Å². The summed E-state index contributed by atoms with van der Waals surface area (Å²) in [5, 5.41) is 4.76. The summed E-state index contributed by atoms with van der Waals surface area (Å²) in [7, 11) is 1.96. The van der Waals surface area contributed by atoms with Gasteiger partial charge in [-0.05, 0) is 68.8 Å². The van der Waals surface area contributed by atoms with Gasteiger partial charge >= 0.3 is 6.18 Å². The first-order chi connectivity index (χ1) is 13.7. The van der Waals surface area contributed by atoms with Gasteiger partial charge in [0.1, 0.15) is 6.17 Å². The van der Waals surface area contributed by atoms with Crippen LogP contribution in [0.25, 0.3) is 0 Å². The van der Waals surface area contributed by atoms with E-state index in [1.54, 1.807) is 0 Å². The lowest BCUT2D eigenvalue weighted by Crippen LogP contribution is -2.50. The van der Waals surface area contributed by atoms with Gasteiger partial charge in [-0.2, -0.15) is 13.2 Å². The van der Waals surface area contributed by atoms with Gasteiger partial charge in [0.15, 0.2) is 0 Å². The minimum atomic E-state index is -4.12. The van der Waals surface area contributed by atoms with Crippen molar-refractivity contribution in [3.63, 3.8) is 0 Å². The summed E-state index contributed by atoms with van der Waals surface area (Å²) in [6.45, 7) is 4.59. The summed E-state index contributed by atoms with van der Waals surface area (Å²) in [5.74, 6) is -1.46. The molecule has 29 heavy (non-hydrogen) atoms. The quantitative estimate of drug-likeness (QED) is 0.526. The smallest absolute Gasteiger partial charge is 0.352 e. The Morgan fingerprint density at radius 2 is 1.86 bits per heavy atom. The van der Waals surface area contributed by atoms with E-state index in [9.17, 15) is 18.0 Å². The number of nitrogens with zero attached hydrogens (tertiary/aromatic N) is 1. The third kappa shape index (κ3) is 5.51. The molecule has 1 heterocycles. The number of hydrogen-bond donors (Lipinski definition) is 2. The summed E-state index contributed by atoms with van der Waals surface area (Å²) in [4.78, 5) is 11.6. The Labute approximate surface area is 170 Å². The molecule has 2 N–H and O–H groups in total. The lowest BCUT2D eigenvalue weighted by atomic mass is 9.63. The highest BCUT2D eigenvalue weighted by molar-refractivity contribution is 5.86. The predicted octanol–water partition coefficient (Wildman–Crippen LogP) is 3.85. The highest BCUT2D eigenvalue weighted by Crippen LogP contribution is 2.48. The lowest BCUT2D eigenvalue weighted by molar-refractivity contribution is -0.185. The maximum atomic E-state index is 15.3. The van der Waals surface area contributed by atoms with Crippen LogP contribution in [0.4, 0.5) is 17.6 Å². The molecule has 5 atom stereocenters. The van der Waals surface area contributed by atoms with Crippen LogP contribution in [-0.2, 0) is 4.79 Å². The molecule has 0 aromatic rings. The van der Waals surface area contributed by atoms with Crippen molar-refractivity contribution in [3.05, 3.63) is 12.7 Å². The zero-order valence-corrected chi connectivity index (χ0v) is 17.1. The summed E-state index contributed by atoms with van der Waals surface area (Å²) < 4.78 is 54.3. The van der Waals surface area contributed by atoms with E-state index in [4.69, 9.17) is 0 Å². The van der Waals surface area contributed by atoms with Crippen molar-refractivity contribution < 1.29 is 22.4 Å². The zero-order valence-electron chi connectivity index (χ0n) is 17.1. The van der Waals surface area contributed by atoms with Gasteiger partial charge < -0.3 is 5.32 Å². The van der Waals surface area contributed by atoms with E-state index < -0.39 is 18.3 Å². The number of hydrazine groups is 1. The predicted molar refractivity (Wildman–Crippen MR) is 103 cm³/mol. The minimum absolute atomic E-state index is 0.0548. The molecule has 2 aliphatic carbocycles. The van der Waals surface area contributed by atoms with Gasteiger partial charge in [-0.15, -0.1) is 0 Å². The second kappa shape index (κ2) is 9.33. The maximum Gasteiger partial charge on any atom is 0.391 e. The van der Waals surface area contributed by atoms with Crippen LogP contribution >= 0.6 is 0 Å². The number of halogens is 4. The van der Waals surface area contributed by atoms with E-state index in [0.29, 0.717) is 19.3 Å². The van der Waals surface area contributed by atoms with E-state index in [-0.39, 0.29) is 55.0 Å². The topological polar surface area (TPSA) is 44.4 Å². The molecule has 166 valence electrons. The lowest BCUT2D eigenvalue weighted by Gasteiger charge is -2.45. The molecule has 8 heteroatoms. The second-order valence-corrected chi connectivity index (χ2v) is 9.12. The van der Waals surface area contributed by atoms with Gasteiger partial charge in [-0.1, -0.05) is 6.58 Å². The van der Waals surface area contributed by atoms with Gasteiger partial charge in [0.2, 0.25) is 5.91 Å². The Morgan fingerprint density at radius 3 is 2.41 bits per heavy atom. The number of carbonyl (C=O) groups excluding carboxylic acids is 1. The number of nitrogens with one attached hydrogen (secondary N) is 2. The normalized spacial score (nSPS) is 39.3. The average Bonchev–Trinajstić information content (AvgIpc) is 3.11. The first kappa shape index (κ1) is 22.5. The van der Waals surface area contributed by atoms with E-state index in [1.165, 1.54) is 6.08 Å². The molecule has 1 aliphatic heterocycles. The number of amides is 1. The molecule has 3 aliphatic rings. The molecular weight excluding hydrogens is 386 g/mol. The fourth-order valence-corrected chi connectivity index (χ4v) is 5.74. The molecular formula is C21H33F4N3O. The maximum absolute atomic E-state index is 15.3. The summed E-state index contributed by atoms with van der Waals surface area (Å²) in [5.41, 5.74) is 3.41. The molecule has 5 unspecified atom stereocenters. The Balaban J connectivity index is 1.66. The van der Waals surface area contributed by atoms with E-state index in [0.717, 1.165) is 19.4 Å². The van der Waals surface area contributed by atoms with Crippen LogP contribution in [0, 0.1) is 29.6 Å². The Hall–Kier alpha value is -1.15. The van der Waals surface area contributed by atoms with Gasteiger partial charge in [-0.25, -0.2) is 9.40 Å². The average molecular weight is 420 g/mol. The van der Waals surface area contributed by atoms with Crippen LogP contribution in [0.5, 0.6) is 0 Å². The molecule has 3 fully saturated rings. The third-order valence-electron chi connectivity index (χ3n) is 7.39. The molecule has 0 bridgehead atoms. The van der Waals surface area contributed by atoms with E-state index in [1.807, 2.05) is 12.1 Å². The monoisotopic (exact) mass is 419 g/mol. The second-order valence-electron chi connectivity index (χ2n) is 9.12. The van der Waals surface area contributed by atoms with Crippen molar-refractivity contribution in [1.29, 1.82) is 0 Å². The van der Waals surface area contributed by atoms with Crippen molar-refractivity contribution in [2.45, 2.75) is 63.3 Å². The zero-order chi connectivity index (χ0) is 21.2. The van der Waals surface area contributed by atoms with Crippen LogP contribution < -0.4 is 10.7 Å². The molecule has 0 spiro atoms. The molecule has 0 aromatic heterocycles. The number of hydrogen-bond acceptors (Lipinski definition) is 3. The molecule has 4 nitrogen and oxygen atoms in total. The Bertz CT molecular complexity index is 577. The minimum Gasteiger partial charge on any atom is -0.352 e. The third-order valence-corrected chi connectivity index (χ3v) is 7.39. The summed E-state index contributed by atoms with van der Waals surface area (Å²) >= 11 is 0. The molecule has 0 aromatic carbocycles. The number of alkyl halides is 4. The number of rotatable bonds is 5. The van der Waals surface area contributed by atoms with Crippen LogP contribution in [0.3, 0.4) is 0 Å². The highest BCUT2D eigenvalue weighted by atomic mass is 19.4. The Morgan fingerprint density at radius 1 is 1.17 bits per heavy atom. The van der Waals surface area contributed by atoms with E-state index in [2.05, 4.69) is 17.3 Å². The first-order valence-electron chi connectivity index (χ1n) is 10.8. The van der Waals surface area contributed by atoms with Crippen molar-refractivity contribution in [1.82, 2.24) is 15.8 Å². The van der Waals surface area contributed by atoms with Crippen molar-refractivity contribution in [2.24, 2.45) is 29.6 Å². The fourth-order valence-electron chi connectivity index (χ4n) is 5.74. The fraction of sp³-hybridized carbons (Fsp3) is 0.857. The highest BCUT2D eigenvalue weighted by Gasteiger charge is 2.47. The molecule has 2 saturated carbocycles. The van der Waals surface area contributed by atoms with Crippen LogP contribution in [0.2, 0.25) is 0 Å². The van der Waals surface area contributed by atoms with Crippen molar-refractivity contribution >= 4 is 5.91 Å². The van der Waals surface area contributed by atoms with Crippen molar-refractivity contribution in [2.75, 3.05) is 20.1 Å². The first-order valence-corrected chi connectivity index (χ1v) is 10.8. The van der Waals surface area contributed by atoms with Gasteiger partial charge in [-0.3, -0.25) is 10.2 Å². The SMILES string of the molecule is C=CC(=O)NCC1C(F)CC(C2CCC(C(F)(F)F)CC2)CC1C1CCN(C)N1. The largest absolute Gasteiger partial charge is 0.391 e. The van der Waals surface area contributed by atoms with Crippen LogP contribution in [0.15, 0.2) is 12.7 Å². The molecule has 0 radical (unpaired) electrons. The van der Waals surface area contributed by atoms with Gasteiger partial charge in [0.25, 0.3) is 0 Å². The number of carbonyl (C=O) groups is 1. The van der Waals surface area contributed by atoms with Crippen LogP contribution in [-0.4, -0.2) is 49.4 Å². The van der Waals surface area contributed by atoms with Gasteiger partial charge in [0.05, 0.1) is 5.92 Å². The van der Waals surface area contributed by atoms with Crippen molar-refractivity contribution in [3.8, 4) is 0 Å². The standard InChI is InChI=1S/C21H33F4N3O/c1-3-20(29)26-12-17-16(19-8-9-28(2)27-19)10-14(11-18(17)22)13-4-6-15(7-5-13)21(23,24)25/h3,13-19,27H,1,4-12H2,2H3,(H,26,29). The summed E-state index contributed by atoms with van der Waals surface area (Å²) in [6, 6.07) is 0.137. The van der Waals surface area contributed by atoms with E-state index >= 15 is 4.39 Å². The molecule has 1 amide bonds. The molecule has 1 saturated heterocycles.